The Kier molecular flexibility index (Phi) is 5.01. The summed E-state index contributed by atoms with van der Waals surface area (Å²) in [6, 6.07) is 6.36. The van der Waals surface area contributed by atoms with Gasteiger partial charge in [-0.15, -0.1) is 11.3 Å². The van der Waals surface area contributed by atoms with Gasteiger partial charge in [-0.3, -0.25) is 4.72 Å². The fourth-order valence-corrected chi connectivity index (χ4v) is 5.32. The normalized spacial score (nSPS) is 11.4. The smallest absolute Gasteiger partial charge is 0.271 e. The molecule has 20 heavy (non-hydrogen) atoms. The van der Waals surface area contributed by atoms with E-state index in [1.165, 1.54) is 13.2 Å². The third-order valence-corrected chi connectivity index (χ3v) is 7.03. The Morgan fingerprint density at radius 2 is 1.95 bits per heavy atom. The number of anilines is 1. The Balaban J connectivity index is 2.35. The Morgan fingerprint density at radius 3 is 2.50 bits per heavy atom. The fourth-order valence-electron chi connectivity index (χ4n) is 1.40. The van der Waals surface area contributed by atoms with Gasteiger partial charge in [-0.05, 0) is 34.1 Å². The summed E-state index contributed by atoms with van der Waals surface area (Å²) in [6.07, 6.45) is 0. The van der Waals surface area contributed by atoms with E-state index in [0.29, 0.717) is 24.7 Å². The number of hydrogen-bond donors (Lipinski definition) is 1. The van der Waals surface area contributed by atoms with Gasteiger partial charge >= 0.3 is 0 Å². The van der Waals surface area contributed by atoms with Gasteiger partial charge < -0.3 is 4.74 Å². The minimum Gasteiger partial charge on any atom is -0.497 e. The van der Waals surface area contributed by atoms with E-state index in [2.05, 4.69) is 36.6 Å². The van der Waals surface area contributed by atoms with Crippen molar-refractivity contribution in [2.75, 3.05) is 11.8 Å². The van der Waals surface area contributed by atoms with Gasteiger partial charge in [0.1, 0.15) is 9.96 Å². The topological polar surface area (TPSA) is 55.4 Å². The van der Waals surface area contributed by atoms with Gasteiger partial charge in [-0.1, -0.05) is 27.5 Å². The number of ether oxygens (including phenoxy) is 1. The predicted molar refractivity (Wildman–Crippen MR) is 88.5 cm³/mol. The quantitative estimate of drug-likeness (QED) is 0.716. The first-order valence-corrected chi connectivity index (χ1v) is 9.40. The van der Waals surface area contributed by atoms with E-state index in [1.54, 1.807) is 18.2 Å². The lowest BCUT2D eigenvalue weighted by atomic mass is 10.3. The standard InChI is InChI=1S/C11H8Br2ClNO3S2/c1-18-8-3-6(12)2-7(4-8)15-20(16,17)10-5-9(14)11(13)19-10/h2-5,15H,1H3. The van der Waals surface area contributed by atoms with E-state index < -0.39 is 10.0 Å². The third-order valence-electron chi connectivity index (χ3n) is 2.25. The zero-order valence-corrected chi connectivity index (χ0v) is 15.5. The van der Waals surface area contributed by atoms with Crippen molar-refractivity contribution >= 4 is 70.5 Å². The minimum atomic E-state index is -3.68. The Morgan fingerprint density at radius 1 is 1.25 bits per heavy atom. The highest BCUT2D eigenvalue weighted by atomic mass is 79.9. The molecule has 0 bridgehead atoms. The van der Waals surface area contributed by atoms with Crippen molar-refractivity contribution in [3.05, 3.63) is 37.5 Å². The molecular weight excluding hydrogens is 454 g/mol. The molecule has 1 aromatic heterocycles. The number of halogens is 3. The van der Waals surface area contributed by atoms with Crippen LogP contribution in [0.5, 0.6) is 5.75 Å². The van der Waals surface area contributed by atoms with Crippen LogP contribution >= 0.6 is 54.8 Å². The molecule has 0 aliphatic heterocycles. The van der Waals surface area contributed by atoms with Gasteiger partial charge in [0.25, 0.3) is 10.0 Å². The Bertz CT molecular complexity index is 727. The summed E-state index contributed by atoms with van der Waals surface area (Å²) in [5.41, 5.74) is 0.400. The molecule has 0 radical (unpaired) electrons. The summed E-state index contributed by atoms with van der Waals surface area (Å²) in [5, 5.41) is 0.363. The molecule has 9 heteroatoms. The number of methoxy groups -OCH3 is 1. The van der Waals surface area contributed by atoms with Gasteiger partial charge in [0.05, 0.1) is 21.6 Å². The van der Waals surface area contributed by atoms with Crippen LogP contribution in [-0.2, 0) is 10.0 Å². The van der Waals surface area contributed by atoms with E-state index in [4.69, 9.17) is 16.3 Å². The molecule has 108 valence electrons. The lowest BCUT2D eigenvalue weighted by molar-refractivity contribution is 0.415. The lowest BCUT2D eigenvalue weighted by Gasteiger charge is -2.08. The van der Waals surface area contributed by atoms with E-state index in [-0.39, 0.29) is 4.21 Å². The van der Waals surface area contributed by atoms with Crippen LogP contribution < -0.4 is 9.46 Å². The number of hydrogen-bond acceptors (Lipinski definition) is 4. The van der Waals surface area contributed by atoms with Crippen molar-refractivity contribution in [2.45, 2.75) is 4.21 Å². The molecule has 2 rings (SSSR count). The van der Waals surface area contributed by atoms with Gasteiger partial charge in [0.2, 0.25) is 0 Å². The molecule has 0 amide bonds. The zero-order chi connectivity index (χ0) is 14.9. The zero-order valence-electron chi connectivity index (χ0n) is 9.98. The largest absolute Gasteiger partial charge is 0.497 e. The third kappa shape index (κ3) is 3.67. The molecule has 4 nitrogen and oxygen atoms in total. The molecule has 0 unspecified atom stereocenters. The average molecular weight is 462 g/mol. The molecule has 2 aromatic rings. The fraction of sp³-hybridized carbons (Fsp3) is 0.0909. The van der Waals surface area contributed by atoms with E-state index in [9.17, 15) is 8.42 Å². The first-order chi connectivity index (χ1) is 9.31. The van der Waals surface area contributed by atoms with E-state index in [0.717, 1.165) is 11.3 Å². The molecule has 0 saturated heterocycles. The van der Waals surface area contributed by atoms with Gasteiger partial charge in [0.15, 0.2) is 0 Å². The molecule has 0 aliphatic rings. The van der Waals surface area contributed by atoms with Crippen molar-refractivity contribution in [1.82, 2.24) is 0 Å². The molecule has 0 spiro atoms. The second-order valence-electron chi connectivity index (χ2n) is 3.67. The minimum absolute atomic E-state index is 0.133. The first-order valence-electron chi connectivity index (χ1n) is 5.14. The highest BCUT2D eigenvalue weighted by Crippen LogP contribution is 2.35. The summed E-state index contributed by atoms with van der Waals surface area (Å²) < 4.78 is 33.5. The van der Waals surface area contributed by atoms with Crippen LogP contribution in [0.2, 0.25) is 5.02 Å². The summed E-state index contributed by atoms with van der Waals surface area (Å²) in [6.45, 7) is 0. The summed E-state index contributed by atoms with van der Waals surface area (Å²) in [7, 11) is -2.17. The van der Waals surface area contributed by atoms with Crippen molar-refractivity contribution in [1.29, 1.82) is 0 Å². The molecule has 0 aliphatic carbocycles. The number of sulfonamides is 1. The number of rotatable bonds is 4. The number of nitrogens with one attached hydrogen (secondary N) is 1. The maximum absolute atomic E-state index is 12.2. The monoisotopic (exact) mass is 459 g/mol. The second kappa shape index (κ2) is 6.23. The van der Waals surface area contributed by atoms with Crippen LogP contribution in [0.3, 0.4) is 0 Å². The van der Waals surface area contributed by atoms with Crippen LogP contribution in [0, 0.1) is 0 Å². The summed E-state index contributed by atoms with van der Waals surface area (Å²) in [5.74, 6) is 0.544. The molecule has 1 aromatic carbocycles. The number of benzene rings is 1. The maximum Gasteiger partial charge on any atom is 0.271 e. The number of thiophene rings is 1. The van der Waals surface area contributed by atoms with Crippen LogP contribution in [-0.4, -0.2) is 15.5 Å². The molecule has 1 heterocycles. The molecule has 0 fully saturated rings. The second-order valence-corrected chi connectivity index (χ2v) is 9.27. The van der Waals surface area contributed by atoms with E-state index >= 15 is 0 Å². The lowest BCUT2D eigenvalue weighted by Crippen LogP contribution is -2.11. The average Bonchev–Trinajstić information content (AvgIpc) is 2.69. The van der Waals surface area contributed by atoms with Gasteiger partial charge in [0, 0.05) is 10.5 Å². The van der Waals surface area contributed by atoms with Crippen LogP contribution in [0.1, 0.15) is 0 Å². The van der Waals surface area contributed by atoms with Crippen molar-refractivity contribution in [2.24, 2.45) is 0 Å². The van der Waals surface area contributed by atoms with Crippen LogP contribution in [0.15, 0.2) is 36.7 Å². The first kappa shape index (κ1) is 16.1. The van der Waals surface area contributed by atoms with Crippen LogP contribution in [0.4, 0.5) is 5.69 Å². The molecule has 1 N–H and O–H groups in total. The highest BCUT2D eigenvalue weighted by Gasteiger charge is 2.19. The van der Waals surface area contributed by atoms with Crippen molar-refractivity contribution in [3.8, 4) is 5.75 Å². The predicted octanol–water partition coefficient (Wildman–Crippen LogP) is 4.74. The van der Waals surface area contributed by atoms with Crippen molar-refractivity contribution in [3.63, 3.8) is 0 Å². The Labute approximate surface area is 142 Å². The van der Waals surface area contributed by atoms with Crippen molar-refractivity contribution < 1.29 is 13.2 Å². The van der Waals surface area contributed by atoms with Crippen LogP contribution in [0.25, 0.3) is 0 Å². The van der Waals surface area contributed by atoms with Gasteiger partial charge in [-0.2, -0.15) is 0 Å². The summed E-state index contributed by atoms with van der Waals surface area (Å²) in [4.78, 5) is 0. The SMILES string of the molecule is COc1cc(Br)cc(NS(=O)(=O)c2cc(Cl)c(Br)s2)c1. The highest BCUT2D eigenvalue weighted by molar-refractivity contribution is 9.11. The van der Waals surface area contributed by atoms with E-state index in [1.807, 2.05) is 0 Å². The summed E-state index contributed by atoms with van der Waals surface area (Å²) >= 11 is 13.4. The van der Waals surface area contributed by atoms with Gasteiger partial charge in [-0.25, -0.2) is 8.42 Å². The molecular formula is C11H8Br2ClNO3S2. The molecule has 0 saturated carbocycles. The Hall–Kier alpha value is -0.280. The maximum atomic E-state index is 12.2. The molecule has 0 atom stereocenters.